The van der Waals surface area contributed by atoms with Crippen LogP contribution in [0.15, 0.2) is 47.8 Å². The zero-order valence-corrected chi connectivity index (χ0v) is 17.7. The van der Waals surface area contributed by atoms with Gasteiger partial charge in [0, 0.05) is 29.2 Å². The summed E-state index contributed by atoms with van der Waals surface area (Å²) in [6.07, 6.45) is 1.21. The van der Waals surface area contributed by atoms with Gasteiger partial charge in [-0.05, 0) is 31.2 Å². The molecule has 0 aliphatic carbocycles. The van der Waals surface area contributed by atoms with Gasteiger partial charge < -0.3 is 14.8 Å². The van der Waals surface area contributed by atoms with Crippen LogP contribution in [0.4, 0.5) is 16.5 Å². The highest BCUT2D eigenvalue weighted by Crippen LogP contribution is 2.35. The number of thiazole rings is 1. The number of rotatable bonds is 6. The minimum Gasteiger partial charge on any atom is -0.486 e. The van der Waals surface area contributed by atoms with E-state index < -0.39 is 10.0 Å². The largest absolute Gasteiger partial charge is 0.486 e. The van der Waals surface area contributed by atoms with Gasteiger partial charge in [-0.2, -0.15) is 0 Å². The minimum atomic E-state index is -3.29. The molecule has 0 fully saturated rings. The molecule has 3 aromatic rings. The lowest BCUT2D eigenvalue weighted by Gasteiger charge is -2.20. The number of aromatic nitrogens is 1. The Morgan fingerprint density at radius 3 is 2.52 bits per heavy atom. The van der Waals surface area contributed by atoms with Crippen LogP contribution in [0, 0.1) is 0 Å². The monoisotopic (exact) mass is 431 g/mol. The fraction of sp³-hybridized carbons (Fsp3) is 0.250. The fourth-order valence-electron chi connectivity index (χ4n) is 3.12. The third kappa shape index (κ3) is 4.30. The highest BCUT2D eigenvalue weighted by atomic mass is 32.2. The standard InChI is InChI=1S/C20H21N3O4S2/c1-3-23(29(2,24)25)16-7-4-14(5-8-16)17-13-28-20(22-17)21-15-6-9-18-19(12-15)27-11-10-26-18/h4-9,12-13H,3,10-11H2,1-2H3,(H,21,22). The summed E-state index contributed by atoms with van der Waals surface area (Å²) in [6, 6.07) is 13.1. The van der Waals surface area contributed by atoms with Crippen molar-refractivity contribution in [1.29, 1.82) is 0 Å². The van der Waals surface area contributed by atoms with Crippen molar-refractivity contribution in [1.82, 2.24) is 4.98 Å². The molecule has 2 heterocycles. The molecule has 152 valence electrons. The first-order chi connectivity index (χ1) is 13.9. The summed E-state index contributed by atoms with van der Waals surface area (Å²) in [5, 5.41) is 6.01. The fourth-order valence-corrected chi connectivity index (χ4v) is 4.83. The molecule has 1 N–H and O–H groups in total. The van der Waals surface area contributed by atoms with Gasteiger partial charge in [-0.3, -0.25) is 4.31 Å². The van der Waals surface area contributed by atoms with Crippen LogP contribution in [0.3, 0.4) is 0 Å². The second-order valence-electron chi connectivity index (χ2n) is 6.50. The average Bonchev–Trinajstić information content (AvgIpc) is 3.16. The first kappa shape index (κ1) is 19.5. The van der Waals surface area contributed by atoms with Crippen LogP contribution >= 0.6 is 11.3 Å². The molecular formula is C20H21N3O4S2. The molecule has 0 bridgehead atoms. The van der Waals surface area contributed by atoms with Crippen molar-refractivity contribution in [2.24, 2.45) is 0 Å². The Morgan fingerprint density at radius 1 is 1.10 bits per heavy atom. The highest BCUT2D eigenvalue weighted by Gasteiger charge is 2.16. The number of fused-ring (bicyclic) bond motifs is 1. The summed E-state index contributed by atoms with van der Waals surface area (Å²) >= 11 is 1.50. The lowest BCUT2D eigenvalue weighted by atomic mass is 10.1. The Balaban J connectivity index is 1.50. The molecule has 2 aromatic carbocycles. The van der Waals surface area contributed by atoms with E-state index in [1.54, 1.807) is 12.1 Å². The van der Waals surface area contributed by atoms with Gasteiger partial charge in [-0.1, -0.05) is 12.1 Å². The summed E-state index contributed by atoms with van der Waals surface area (Å²) in [7, 11) is -3.29. The maximum absolute atomic E-state index is 11.9. The summed E-state index contributed by atoms with van der Waals surface area (Å²) in [5.41, 5.74) is 3.26. The van der Waals surface area contributed by atoms with E-state index in [1.165, 1.54) is 21.9 Å². The topological polar surface area (TPSA) is 80.8 Å². The van der Waals surface area contributed by atoms with Crippen molar-refractivity contribution in [3.8, 4) is 22.8 Å². The molecule has 1 aliphatic heterocycles. The van der Waals surface area contributed by atoms with E-state index in [2.05, 4.69) is 10.3 Å². The van der Waals surface area contributed by atoms with Gasteiger partial charge in [0.15, 0.2) is 16.6 Å². The van der Waals surface area contributed by atoms with E-state index in [0.717, 1.165) is 33.6 Å². The molecule has 0 spiro atoms. The molecule has 0 amide bonds. The maximum atomic E-state index is 11.9. The molecule has 0 atom stereocenters. The first-order valence-electron chi connectivity index (χ1n) is 9.14. The van der Waals surface area contributed by atoms with Crippen molar-refractivity contribution in [2.45, 2.75) is 6.92 Å². The van der Waals surface area contributed by atoms with E-state index in [4.69, 9.17) is 9.47 Å². The van der Waals surface area contributed by atoms with Crippen molar-refractivity contribution in [3.05, 3.63) is 47.8 Å². The van der Waals surface area contributed by atoms with Crippen LogP contribution in [0.1, 0.15) is 6.92 Å². The van der Waals surface area contributed by atoms with Crippen LogP contribution < -0.4 is 19.1 Å². The Morgan fingerprint density at radius 2 is 1.83 bits per heavy atom. The predicted octanol–water partition coefficient (Wildman–Crippen LogP) is 4.11. The molecule has 4 rings (SSSR count). The van der Waals surface area contributed by atoms with E-state index in [0.29, 0.717) is 25.4 Å². The number of nitrogens with zero attached hydrogens (tertiary/aromatic N) is 2. The molecule has 9 heteroatoms. The summed E-state index contributed by atoms with van der Waals surface area (Å²) < 4.78 is 36.3. The Labute approximate surface area is 174 Å². The summed E-state index contributed by atoms with van der Waals surface area (Å²) in [6.45, 7) is 3.31. The smallest absolute Gasteiger partial charge is 0.232 e. The first-order valence-corrected chi connectivity index (χ1v) is 11.9. The minimum absolute atomic E-state index is 0.387. The molecule has 0 saturated heterocycles. The van der Waals surface area contributed by atoms with Gasteiger partial charge in [0.25, 0.3) is 0 Å². The number of nitrogens with one attached hydrogen (secondary N) is 1. The van der Waals surface area contributed by atoms with Gasteiger partial charge in [-0.25, -0.2) is 13.4 Å². The number of hydrogen-bond donors (Lipinski definition) is 1. The van der Waals surface area contributed by atoms with Gasteiger partial charge in [0.1, 0.15) is 13.2 Å². The van der Waals surface area contributed by atoms with Crippen molar-refractivity contribution >= 4 is 37.9 Å². The molecule has 1 aliphatic rings. The summed E-state index contributed by atoms with van der Waals surface area (Å²) in [4.78, 5) is 4.63. The van der Waals surface area contributed by atoms with Gasteiger partial charge in [0.05, 0.1) is 17.6 Å². The number of anilines is 3. The van der Waals surface area contributed by atoms with Crippen molar-refractivity contribution < 1.29 is 17.9 Å². The normalized spacial score (nSPS) is 13.2. The zero-order valence-electron chi connectivity index (χ0n) is 16.1. The van der Waals surface area contributed by atoms with Crippen LogP contribution in [-0.2, 0) is 10.0 Å². The second-order valence-corrected chi connectivity index (χ2v) is 9.26. The number of benzene rings is 2. The molecule has 7 nitrogen and oxygen atoms in total. The van der Waals surface area contributed by atoms with Crippen LogP contribution in [0.25, 0.3) is 11.3 Å². The lowest BCUT2D eigenvalue weighted by Crippen LogP contribution is -2.29. The quantitative estimate of drug-likeness (QED) is 0.633. The number of ether oxygens (including phenoxy) is 2. The van der Waals surface area contributed by atoms with Crippen molar-refractivity contribution in [2.75, 3.05) is 35.6 Å². The van der Waals surface area contributed by atoms with E-state index in [9.17, 15) is 8.42 Å². The van der Waals surface area contributed by atoms with Gasteiger partial charge in [-0.15, -0.1) is 11.3 Å². The second kappa shape index (κ2) is 7.92. The average molecular weight is 432 g/mol. The predicted molar refractivity (Wildman–Crippen MR) is 116 cm³/mol. The van der Waals surface area contributed by atoms with Crippen molar-refractivity contribution in [3.63, 3.8) is 0 Å². The Kier molecular flexibility index (Phi) is 5.33. The molecule has 1 aromatic heterocycles. The van der Waals surface area contributed by atoms with Gasteiger partial charge in [0.2, 0.25) is 10.0 Å². The van der Waals surface area contributed by atoms with Gasteiger partial charge >= 0.3 is 0 Å². The third-order valence-electron chi connectivity index (χ3n) is 4.44. The Bertz CT molecular complexity index is 1110. The van der Waals surface area contributed by atoms with Crippen LogP contribution in [-0.4, -0.2) is 39.4 Å². The van der Waals surface area contributed by atoms with Crippen LogP contribution in [0.2, 0.25) is 0 Å². The SMILES string of the molecule is CCN(c1ccc(-c2csc(Nc3ccc4c(c3)OCCO4)n2)cc1)S(C)(=O)=O. The molecule has 0 saturated carbocycles. The Hall–Kier alpha value is -2.78. The van der Waals surface area contributed by atoms with E-state index in [-0.39, 0.29) is 0 Å². The zero-order chi connectivity index (χ0) is 20.4. The van der Waals surface area contributed by atoms with E-state index >= 15 is 0 Å². The van der Waals surface area contributed by atoms with Crippen LogP contribution in [0.5, 0.6) is 11.5 Å². The third-order valence-corrected chi connectivity index (χ3v) is 6.46. The number of sulfonamides is 1. The molecule has 29 heavy (non-hydrogen) atoms. The van der Waals surface area contributed by atoms with E-state index in [1.807, 2.05) is 42.6 Å². The molecule has 0 unspecified atom stereocenters. The maximum Gasteiger partial charge on any atom is 0.232 e. The molecule has 0 radical (unpaired) electrons. The summed E-state index contributed by atoms with van der Waals surface area (Å²) in [5.74, 6) is 1.47. The highest BCUT2D eigenvalue weighted by molar-refractivity contribution is 7.92. The lowest BCUT2D eigenvalue weighted by molar-refractivity contribution is 0.171. The molecular weight excluding hydrogens is 410 g/mol. The number of hydrogen-bond acceptors (Lipinski definition) is 7.